The molecular weight excluding hydrogens is 321 g/mol. The van der Waals surface area contributed by atoms with Crippen LogP contribution in [0.1, 0.15) is 16.8 Å². The first-order valence-corrected chi connectivity index (χ1v) is 7.44. The SMILES string of the molecule is COCCCNc1ccc(NC(=O)c2c(F)cccc2Cl)nc1. The molecule has 0 saturated heterocycles. The molecule has 1 heterocycles. The molecule has 2 rings (SSSR count). The lowest BCUT2D eigenvalue weighted by Crippen LogP contribution is -2.15. The molecule has 0 bridgehead atoms. The monoisotopic (exact) mass is 337 g/mol. The van der Waals surface area contributed by atoms with Gasteiger partial charge in [-0.25, -0.2) is 9.37 Å². The van der Waals surface area contributed by atoms with Crippen molar-refractivity contribution < 1.29 is 13.9 Å². The van der Waals surface area contributed by atoms with E-state index < -0.39 is 11.7 Å². The van der Waals surface area contributed by atoms with Crippen LogP contribution in [0.3, 0.4) is 0 Å². The van der Waals surface area contributed by atoms with E-state index in [9.17, 15) is 9.18 Å². The standard InChI is InChI=1S/C16H17ClFN3O2/c1-23-9-3-8-19-11-6-7-14(20-10-11)21-16(22)15-12(17)4-2-5-13(15)18/h2,4-7,10,19H,3,8-9H2,1H3,(H,20,21,22). The van der Waals surface area contributed by atoms with Crippen molar-refractivity contribution in [2.45, 2.75) is 6.42 Å². The van der Waals surface area contributed by atoms with E-state index in [1.165, 1.54) is 18.2 Å². The van der Waals surface area contributed by atoms with Gasteiger partial charge in [-0.05, 0) is 30.7 Å². The molecule has 1 aromatic heterocycles. The van der Waals surface area contributed by atoms with Crippen LogP contribution in [-0.4, -0.2) is 31.2 Å². The number of ether oxygens (including phenoxy) is 1. The van der Waals surface area contributed by atoms with Gasteiger partial charge in [0.1, 0.15) is 11.6 Å². The normalized spacial score (nSPS) is 10.4. The topological polar surface area (TPSA) is 63.2 Å². The fourth-order valence-electron chi connectivity index (χ4n) is 1.92. The summed E-state index contributed by atoms with van der Waals surface area (Å²) in [5.41, 5.74) is 0.626. The number of halogens is 2. The fourth-order valence-corrected chi connectivity index (χ4v) is 2.16. The predicted molar refractivity (Wildman–Crippen MR) is 88.6 cm³/mol. The summed E-state index contributed by atoms with van der Waals surface area (Å²) in [6.07, 6.45) is 2.46. The van der Waals surface area contributed by atoms with Crippen molar-refractivity contribution >= 4 is 29.0 Å². The number of amides is 1. The second kappa shape index (κ2) is 8.45. The maximum atomic E-state index is 13.7. The molecule has 5 nitrogen and oxygen atoms in total. The summed E-state index contributed by atoms with van der Waals surface area (Å²) < 4.78 is 18.6. The lowest BCUT2D eigenvalue weighted by molar-refractivity contribution is 0.102. The minimum atomic E-state index is -0.675. The summed E-state index contributed by atoms with van der Waals surface area (Å²) >= 11 is 5.86. The number of hydrogen-bond acceptors (Lipinski definition) is 4. The molecule has 0 atom stereocenters. The van der Waals surface area contributed by atoms with E-state index in [4.69, 9.17) is 16.3 Å². The van der Waals surface area contributed by atoms with Crippen LogP contribution in [0, 0.1) is 5.82 Å². The van der Waals surface area contributed by atoms with Gasteiger partial charge in [-0.15, -0.1) is 0 Å². The van der Waals surface area contributed by atoms with Gasteiger partial charge in [0, 0.05) is 20.3 Å². The highest BCUT2D eigenvalue weighted by molar-refractivity contribution is 6.34. The van der Waals surface area contributed by atoms with Crippen molar-refractivity contribution in [3.05, 3.63) is 52.9 Å². The Labute approximate surface area is 138 Å². The predicted octanol–water partition coefficient (Wildman–Crippen LogP) is 3.57. The first-order valence-electron chi connectivity index (χ1n) is 7.06. The smallest absolute Gasteiger partial charge is 0.261 e. The molecule has 0 saturated carbocycles. The van der Waals surface area contributed by atoms with Gasteiger partial charge >= 0.3 is 0 Å². The van der Waals surface area contributed by atoms with Crippen LogP contribution < -0.4 is 10.6 Å². The van der Waals surface area contributed by atoms with Crippen LogP contribution >= 0.6 is 11.6 Å². The lowest BCUT2D eigenvalue weighted by atomic mass is 10.2. The third-order valence-corrected chi connectivity index (χ3v) is 3.36. The number of nitrogens with one attached hydrogen (secondary N) is 2. The molecular formula is C16H17ClFN3O2. The first kappa shape index (κ1) is 17.2. The molecule has 1 aromatic carbocycles. The second-order valence-electron chi connectivity index (χ2n) is 4.76. The Hall–Kier alpha value is -2.18. The summed E-state index contributed by atoms with van der Waals surface area (Å²) in [6.45, 7) is 1.43. The number of nitrogens with zero attached hydrogens (tertiary/aromatic N) is 1. The second-order valence-corrected chi connectivity index (χ2v) is 5.16. The molecule has 0 radical (unpaired) electrons. The quantitative estimate of drug-likeness (QED) is 0.758. The zero-order valence-electron chi connectivity index (χ0n) is 12.6. The number of carbonyl (C=O) groups is 1. The van der Waals surface area contributed by atoms with E-state index in [0.29, 0.717) is 12.4 Å². The molecule has 0 aliphatic carbocycles. The van der Waals surface area contributed by atoms with E-state index in [1.807, 2.05) is 0 Å². The number of methoxy groups -OCH3 is 1. The van der Waals surface area contributed by atoms with Crippen LogP contribution in [0.25, 0.3) is 0 Å². The number of carbonyl (C=O) groups excluding carboxylic acids is 1. The zero-order valence-corrected chi connectivity index (χ0v) is 13.4. The van der Waals surface area contributed by atoms with Crippen molar-refractivity contribution in [3.8, 4) is 0 Å². The maximum Gasteiger partial charge on any atom is 0.261 e. The average molecular weight is 338 g/mol. The summed E-state index contributed by atoms with van der Waals surface area (Å²) in [6, 6.07) is 7.49. The van der Waals surface area contributed by atoms with Crippen LogP contribution in [0.2, 0.25) is 5.02 Å². The van der Waals surface area contributed by atoms with Crippen LogP contribution in [0.5, 0.6) is 0 Å². The highest BCUT2D eigenvalue weighted by Gasteiger charge is 2.16. The van der Waals surface area contributed by atoms with E-state index in [0.717, 1.165) is 18.7 Å². The van der Waals surface area contributed by atoms with Gasteiger partial charge in [0.2, 0.25) is 0 Å². The minimum Gasteiger partial charge on any atom is -0.385 e. The van der Waals surface area contributed by atoms with Gasteiger partial charge in [0.25, 0.3) is 5.91 Å². The molecule has 23 heavy (non-hydrogen) atoms. The molecule has 0 aliphatic heterocycles. The van der Waals surface area contributed by atoms with Crippen molar-refractivity contribution in [3.63, 3.8) is 0 Å². The van der Waals surface area contributed by atoms with Crippen molar-refractivity contribution in [1.29, 1.82) is 0 Å². The van der Waals surface area contributed by atoms with Gasteiger partial charge in [0.15, 0.2) is 0 Å². The Balaban J connectivity index is 1.96. The van der Waals surface area contributed by atoms with Crippen molar-refractivity contribution in [1.82, 2.24) is 4.98 Å². The van der Waals surface area contributed by atoms with E-state index in [-0.39, 0.29) is 10.6 Å². The molecule has 0 unspecified atom stereocenters. The van der Waals surface area contributed by atoms with E-state index >= 15 is 0 Å². The van der Waals surface area contributed by atoms with Crippen LogP contribution in [0.15, 0.2) is 36.5 Å². The van der Waals surface area contributed by atoms with E-state index in [2.05, 4.69) is 15.6 Å². The molecule has 0 fully saturated rings. The Morgan fingerprint density at radius 2 is 2.17 bits per heavy atom. The fraction of sp³-hybridized carbons (Fsp3) is 0.250. The maximum absolute atomic E-state index is 13.7. The van der Waals surface area contributed by atoms with Gasteiger partial charge in [-0.2, -0.15) is 0 Å². The molecule has 7 heteroatoms. The summed E-state index contributed by atoms with van der Waals surface area (Å²) in [4.78, 5) is 16.2. The number of hydrogen-bond donors (Lipinski definition) is 2. The molecule has 0 spiro atoms. The highest BCUT2D eigenvalue weighted by Crippen LogP contribution is 2.20. The van der Waals surface area contributed by atoms with Crippen molar-refractivity contribution in [2.75, 3.05) is 30.9 Å². The van der Waals surface area contributed by atoms with Gasteiger partial charge in [0.05, 0.1) is 22.5 Å². The first-order chi connectivity index (χ1) is 11.1. The minimum absolute atomic E-state index is 0.0546. The largest absolute Gasteiger partial charge is 0.385 e. The summed E-state index contributed by atoms with van der Waals surface area (Å²) in [7, 11) is 1.65. The number of rotatable bonds is 7. The third-order valence-electron chi connectivity index (χ3n) is 3.05. The molecule has 122 valence electrons. The van der Waals surface area contributed by atoms with Crippen molar-refractivity contribution in [2.24, 2.45) is 0 Å². The third kappa shape index (κ3) is 4.91. The Bertz CT molecular complexity index is 645. The Morgan fingerprint density at radius 1 is 1.35 bits per heavy atom. The Kier molecular flexibility index (Phi) is 6.31. The lowest BCUT2D eigenvalue weighted by Gasteiger charge is -2.09. The Morgan fingerprint density at radius 3 is 2.83 bits per heavy atom. The molecule has 2 aromatic rings. The summed E-state index contributed by atoms with van der Waals surface area (Å²) in [5, 5.41) is 5.75. The van der Waals surface area contributed by atoms with Gasteiger partial charge in [-0.3, -0.25) is 4.79 Å². The summed E-state index contributed by atoms with van der Waals surface area (Å²) in [5.74, 6) is -0.996. The molecule has 2 N–H and O–H groups in total. The van der Waals surface area contributed by atoms with Gasteiger partial charge in [-0.1, -0.05) is 17.7 Å². The number of aromatic nitrogens is 1. The van der Waals surface area contributed by atoms with Crippen LogP contribution in [-0.2, 0) is 4.74 Å². The van der Waals surface area contributed by atoms with Crippen LogP contribution in [0.4, 0.5) is 15.9 Å². The van der Waals surface area contributed by atoms with E-state index in [1.54, 1.807) is 25.4 Å². The zero-order chi connectivity index (χ0) is 16.7. The highest BCUT2D eigenvalue weighted by atomic mass is 35.5. The number of pyridine rings is 1. The number of benzene rings is 1. The molecule has 0 aliphatic rings. The number of anilines is 2. The van der Waals surface area contributed by atoms with Gasteiger partial charge < -0.3 is 15.4 Å². The molecule has 1 amide bonds. The average Bonchev–Trinajstić information content (AvgIpc) is 2.53.